The number of amides is 3. The number of sulfonamides is 1. The zero-order valence-electron chi connectivity index (χ0n) is 27.8. The highest BCUT2D eigenvalue weighted by atomic mass is 32.2. The molecule has 0 radical (unpaired) electrons. The van der Waals surface area contributed by atoms with Gasteiger partial charge < -0.3 is 30.1 Å². The standard InChI is InChI=1S/C35H45FN4O7S/c1-24-21-40(25(2)23-41)34(42)31-20-29(38-35(43)37-28-11-6-5-7-12-28)15-18-32(31)47-26(3)10-8-9-19-46-33(24)22-39(4)48(44,45)30-16-13-27(36)14-17-30/h5-7,11-18,20,24-26,33,41H,8-10,19,21-23H2,1-4H3,(H2,37,38,43)/t24-,25+,26-,33+/m0/s1. The number of halogens is 1. The zero-order valence-corrected chi connectivity index (χ0v) is 28.6. The molecule has 0 spiro atoms. The molecule has 0 fully saturated rings. The van der Waals surface area contributed by atoms with Gasteiger partial charge in [-0.2, -0.15) is 4.31 Å². The number of anilines is 2. The number of rotatable bonds is 8. The summed E-state index contributed by atoms with van der Waals surface area (Å²) in [6, 6.07) is 17.4. The summed E-state index contributed by atoms with van der Waals surface area (Å²) in [7, 11) is -2.52. The third-order valence-corrected chi connectivity index (χ3v) is 10.1. The van der Waals surface area contributed by atoms with Crippen molar-refractivity contribution < 1.29 is 37.0 Å². The summed E-state index contributed by atoms with van der Waals surface area (Å²) >= 11 is 0. The predicted octanol–water partition coefficient (Wildman–Crippen LogP) is 5.59. The number of benzene rings is 3. The van der Waals surface area contributed by atoms with Gasteiger partial charge in [-0.15, -0.1) is 0 Å². The molecule has 1 aliphatic rings. The Labute approximate surface area is 282 Å². The van der Waals surface area contributed by atoms with E-state index in [1.807, 2.05) is 19.9 Å². The Balaban J connectivity index is 1.62. The highest BCUT2D eigenvalue weighted by molar-refractivity contribution is 7.89. The monoisotopic (exact) mass is 684 g/mol. The van der Waals surface area contributed by atoms with Crippen LogP contribution in [0.4, 0.5) is 20.6 Å². The fraction of sp³-hybridized carbons (Fsp3) is 0.429. The first kappa shape index (κ1) is 36.8. The van der Waals surface area contributed by atoms with Gasteiger partial charge in [0.15, 0.2) is 0 Å². The number of likely N-dealkylation sites (N-methyl/N-ethyl adjacent to an activating group) is 1. The molecule has 4 rings (SSSR count). The minimum Gasteiger partial charge on any atom is -0.490 e. The molecule has 11 nitrogen and oxygen atoms in total. The van der Waals surface area contributed by atoms with E-state index in [1.54, 1.807) is 49.4 Å². The van der Waals surface area contributed by atoms with Crippen molar-refractivity contribution in [3.8, 4) is 5.75 Å². The van der Waals surface area contributed by atoms with Gasteiger partial charge >= 0.3 is 6.03 Å². The van der Waals surface area contributed by atoms with Gasteiger partial charge in [0.2, 0.25) is 10.0 Å². The third kappa shape index (κ3) is 9.75. The van der Waals surface area contributed by atoms with Crippen molar-refractivity contribution in [3.63, 3.8) is 0 Å². The lowest BCUT2D eigenvalue weighted by atomic mass is 10.0. The van der Waals surface area contributed by atoms with Crippen LogP contribution in [0, 0.1) is 11.7 Å². The highest BCUT2D eigenvalue weighted by Crippen LogP contribution is 2.29. The summed E-state index contributed by atoms with van der Waals surface area (Å²) in [4.78, 5) is 28.6. The number of hydrogen-bond acceptors (Lipinski definition) is 7. The van der Waals surface area contributed by atoms with Crippen LogP contribution in [0.15, 0.2) is 77.7 Å². The molecule has 3 aromatic carbocycles. The quantitative estimate of drug-likeness (QED) is 0.282. The summed E-state index contributed by atoms with van der Waals surface area (Å²) in [5.74, 6) is -1.000. The fourth-order valence-electron chi connectivity index (χ4n) is 5.42. The van der Waals surface area contributed by atoms with Crippen LogP contribution in [0.1, 0.15) is 50.4 Å². The Morgan fingerprint density at radius 1 is 1.04 bits per heavy atom. The molecule has 0 saturated carbocycles. The number of nitrogens with zero attached hydrogens (tertiary/aromatic N) is 2. The lowest BCUT2D eigenvalue weighted by Gasteiger charge is -2.35. The Morgan fingerprint density at radius 2 is 1.73 bits per heavy atom. The number of carbonyl (C=O) groups is 2. The summed E-state index contributed by atoms with van der Waals surface area (Å²) in [5, 5.41) is 15.7. The van der Waals surface area contributed by atoms with E-state index in [2.05, 4.69) is 10.6 Å². The Morgan fingerprint density at radius 3 is 2.42 bits per heavy atom. The number of ether oxygens (including phenoxy) is 2. The maximum absolute atomic E-state index is 14.3. The average Bonchev–Trinajstić information content (AvgIpc) is 3.06. The molecule has 1 aliphatic heterocycles. The summed E-state index contributed by atoms with van der Waals surface area (Å²) in [6.07, 6.45) is 1.28. The van der Waals surface area contributed by atoms with Gasteiger partial charge in [-0.3, -0.25) is 4.79 Å². The van der Waals surface area contributed by atoms with E-state index in [1.165, 1.54) is 28.4 Å². The molecule has 3 amide bonds. The first-order valence-corrected chi connectivity index (χ1v) is 17.5. The fourth-order valence-corrected chi connectivity index (χ4v) is 6.60. The van der Waals surface area contributed by atoms with Crippen LogP contribution >= 0.6 is 0 Å². The summed E-state index contributed by atoms with van der Waals surface area (Å²) in [5.41, 5.74) is 1.18. The van der Waals surface area contributed by atoms with Crippen molar-refractivity contribution in [3.05, 3.63) is 84.2 Å². The van der Waals surface area contributed by atoms with Crippen molar-refractivity contribution in [2.45, 2.75) is 63.2 Å². The molecule has 48 heavy (non-hydrogen) atoms. The van der Waals surface area contributed by atoms with Crippen LogP contribution < -0.4 is 15.4 Å². The third-order valence-electron chi connectivity index (χ3n) is 8.30. The SMILES string of the molecule is C[C@H](CO)N1C[C@H](C)[C@@H](CN(C)S(=O)(=O)c2ccc(F)cc2)OCCCC[C@H](C)Oc2ccc(NC(=O)Nc3ccccc3)cc2C1=O. The van der Waals surface area contributed by atoms with Crippen molar-refractivity contribution in [2.24, 2.45) is 5.92 Å². The molecule has 3 aromatic rings. The summed E-state index contributed by atoms with van der Waals surface area (Å²) in [6.45, 7) is 5.64. The van der Waals surface area contributed by atoms with Crippen LogP contribution in [-0.4, -0.2) is 86.3 Å². The first-order valence-electron chi connectivity index (χ1n) is 16.1. The van der Waals surface area contributed by atoms with E-state index in [-0.39, 0.29) is 42.2 Å². The van der Waals surface area contributed by atoms with Crippen LogP contribution in [0.3, 0.4) is 0 Å². The molecule has 0 aromatic heterocycles. The lowest BCUT2D eigenvalue weighted by molar-refractivity contribution is -0.00834. The van der Waals surface area contributed by atoms with Crippen molar-refractivity contribution in [2.75, 3.05) is 44.0 Å². The largest absolute Gasteiger partial charge is 0.490 e. The topological polar surface area (TPSA) is 138 Å². The number of nitrogens with one attached hydrogen (secondary N) is 2. The Hall–Kier alpha value is -4.04. The van der Waals surface area contributed by atoms with Gasteiger partial charge in [0.25, 0.3) is 5.91 Å². The molecule has 13 heteroatoms. The van der Waals surface area contributed by atoms with E-state index in [4.69, 9.17) is 9.47 Å². The second-order valence-electron chi connectivity index (χ2n) is 12.2. The van der Waals surface area contributed by atoms with E-state index < -0.39 is 39.9 Å². The van der Waals surface area contributed by atoms with E-state index in [0.717, 1.165) is 18.6 Å². The van der Waals surface area contributed by atoms with E-state index >= 15 is 0 Å². The number of fused-ring (bicyclic) bond motifs is 1. The van der Waals surface area contributed by atoms with Gasteiger partial charge in [0, 0.05) is 44.0 Å². The number of para-hydroxylation sites is 1. The van der Waals surface area contributed by atoms with Gasteiger partial charge in [-0.05, 0) is 87.7 Å². The van der Waals surface area contributed by atoms with Gasteiger partial charge in [0.1, 0.15) is 11.6 Å². The van der Waals surface area contributed by atoms with Gasteiger partial charge in [-0.1, -0.05) is 25.1 Å². The maximum Gasteiger partial charge on any atom is 0.323 e. The Bertz CT molecular complexity index is 1630. The van der Waals surface area contributed by atoms with Gasteiger partial charge in [0.05, 0.1) is 35.3 Å². The molecule has 0 saturated heterocycles. The molecule has 3 N–H and O–H groups in total. The molecule has 0 unspecified atom stereocenters. The molecular weight excluding hydrogens is 639 g/mol. The molecule has 0 aliphatic carbocycles. The first-order chi connectivity index (χ1) is 22.9. The van der Waals surface area contributed by atoms with Crippen LogP contribution in [-0.2, 0) is 14.8 Å². The lowest BCUT2D eigenvalue weighted by Crippen LogP contribution is -2.48. The predicted molar refractivity (Wildman–Crippen MR) is 182 cm³/mol. The smallest absolute Gasteiger partial charge is 0.323 e. The molecule has 0 bridgehead atoms. The minimum atomic E-state index is -3.96. The van der Waals surface area contributed by atoms with E-state index in [0.29, 0.717) is 36.6 Å². The summed E-state index contributed by atoms with van der Waals surface area (Å²) < 4.78 is 53.9. The zero-order chi connectivity index (χ0) is 34.8. The number of aliphatic hydroxyl groups excluding tert-OH is 1. The number of aliphatic hydroxyl groups is 1. The van der Waals surface area contributed by atoms with E-state index in [9.17, 15) is 27.5 Å². The molecule has 4 atom stereocenters. The number of urea groups is 1. The van der Waals surface area contributed by atoms with Gasteiger partial charge in [-0.25, -0.2) is 17.6 Å². The van der Waals surface area contributed by atoms with Crippen molar-refractivity contribution >= 4 is 33.3 Å². The molecular formula is C35H45FN4O7S. The van der Waals surface area contributed by atoms with Crippen LogP contribution in [0.5, 0.6) is 5.75 Å². The Kier molecular flexibility index (Phi) is 12.9. The number of carbonyl (C=O) groups excluding carboxylic acids is 2. The van der Waals surface area contributed by atoms with Crippen LogP contribution in [0.2, 0.25) is 0 Å². The normalized spacial score (nSPS) is 20.3. The average molecular weight is 685 g/mol. The molecule has 1 heterocycles. The van der Waals surface area contributed by atoms with Crippen molar-refractivity contribution in [1.82, 2.24) is 9.21 Å². The second kappa shape index (κ2) is 16.9. The minimum absolute atomic E-state index is 0.0168. The second-order valence-corrected chi connectivity index (χ2v) is 14.2. The van der Waals surface area contributed by atoms with Crippen LogP contribution in [0.25, 0.3) is 0 Å². The maximum atomic E-state index is 14.3. The molecule has 260 valence electrons. The number of hydrogen-bond donors (Lipinski definition) is 3. The van der Waals surface area contributed by atoms with Crippen molar-refractivity contribution in [1.29, 1.82) is 0 Å². The highest BCUT2D eigenvalue weighted by Gasteiger charge is 2.32.